The predicted octanol–water partition coefficient (Wildman–Crippen LogP) is 8.73. The summed E-state index contributed by atoms with van der Waals surface area (Å²) in [5.41, 5.74) is 5.84. The van der Waals surface area contributed by atoms with E-state index in [1.807, 2.05) is 0 Å². The van der Waals surface area contributed by atoms with E-state index in [0.29, 0.717) is 12.8 Å². The summed E-state index contributed by atoms with van der Waals surface area (Å²) >= 11 is 4.10. The van der Waals surface area contributed by atoms with Gasteiger partial charge >= 0.3 is 23.9 Å². The molecule has 0 aliphatic carbocycles. The van der Waals surface area contributed by atoms with Gasteiger partial charge in [0, 0.05) is 25.0 Å². The zero-order chi connectivity index (χ0) is 40.1. The Balaban J connectivity index is 3.98. The van der Waals surface area contributed by atoms with Gasteiger partial charge in [0.05, 0.1) is 0 Å². The van der Waals surface area contributed by atoms with Crippen LogP contribution >= 0.6 is 12.6 Å². The highest BCUT2D eigenvalue weighted by Gasteiger charge is 2.23. The monoisotopic (exact) mass is 784 g/mol. The van der Waals surface area contributed by atoms with E-state index in [9.17, 15) is 28.8 Å². The fourth-order valence-corrected chi connectivity index (χ4v) is 6.43. The average Bonchev–Trinajstić information content (AvgIpc) is 3.15. The number of rotatable bonds is 37. The molecule has 54 heavy (non-hydrogen) atoms. The molecule has 2 atom stereocenters. The Morgan fingerprint density at radius 2 is 0.889 bits per heavy atom. The highest BCUT2D eigenvalue weighted by Crippen LogP contribution is 2.15. The first kappa shape index (κ1) is 51.5. The fourth-order valence-electron chi connectivity index (χ4n) is 6.17. The fraction of sp³-hybridized carbons (Fsp3) is 0.857. The number of unbranched alkanes of at least 4 members (excludes halogenated alkanes) is 24. The molecule has 0 aromatic rings. The molecule has 0 saturated heterocycles. The Hall–Kier alpha value is -2.47. The lowest BCUT2D eigenvalue weighted by Gasteiger charge is -2.17. The molecule has 0 fully saturated rings. The lowest BCUT2D eigenvalue weighted by Crippen LogP contribution is -2.49. The van der Waals surface area contributed by atoms with Crippen molar-refractivity contribution in [2.45, 2.75) is 219 Å². The summed E-state index contributed by atoms with van der Waals surface area (Å²) in [6.45, 7) is 3.93. The summed E-state index contributed by atoms with van der Waals surface area (Å²) in [7, 11) is 0. The van der Waals surface area contributed by atoms with Crippen LogP contribution in [0.5, 0.6) is 0 Å². The molecule has 0 aromatic heterocycles. The highest BCUT2D eigenvalue weighted by atomic mass is 32.1. The van der Waals surface area contributed by atoms with Crippen LogP contribution in [0.2, 0.25) is 0 Å². The smallest absolute Gasteiger partial charge is 0.333 e. The molecule has 12 heteroatoms. The molecule has 2 amide bonds. The van der Waals surface area contributed by atoms with Crippen molar-refractivity contribution in [2.75, 3.05) is 12.3 Å². The van der Waals surface area contributed by atoms with Crippen LogP contribution in [-0.2, 0) is 38.2 Å². The van der Waals surface area contributed by atoms with E-state index in [0.717, 1.165) is 38.5 Å². The van der Waals surface area contributed by atoms with Crippen molar-refractivity contribution >= 4 is 48.3 Å². The number of carbonyl (C=O) groups excluding carboxylic acids is 6. The third-order valence-electron chi connectivity index (χ3n) is 9.64. The van der Waals surface area contributed by atoms with E-state index in [1.165, 1.54) is 116 Å². The summed E-state index contributed by atoms with van der Waals surface area (Å²) < 4.78 is 9.66. The third-order valence-corrected chi connectivity index (χ3v) is 10.0. The number of thiol groups is 1. The third kappa shape index (κ3) is 32.9. The number of nitrogens with two attached hydrogens (primary N) is 1. The number of esters is 4. The van der Waals surface area contributed by atoms with Gasteiger partial charge < -0.3 is 25.8 Å². The van der Waals surface area contributed by atoms with Crippen LogP contribution in [0.15, 0.2) is 0 Å². The minimum atomic E-state index is -1.18. The normalized spacial score (nSPS) is 12.1. The number of hydrogen-bond donors (Lipinski definition) is 4. The molecule has 314 valence electrons. The van der Waals surface area contributed by atoms with Gasteiger partial charge in [-0.05, 0) is 19.3 Å². The zero-order valence-corrected chi connectivity index (χ0v) is 35.0. The largest absolute Gasteiger partial charge is 0.392 e. The van der Waals surface area contributed by atoms with Crippen molar-refractivity contribution in [1.29, 1.82) is 0 Å². The van der Waals surface area contributed by atoms with Gasteiger partial charge in [0.2, 0.25) is 11.8 Å². The van der Waals surface area contributed by atoms with Gasteiger partial charge in [0.1, 0.15) is 18.6 Å². The van der Waals surface area contributed by atoms with Crippen LogP contribution in [-0.4, -0.2) is 60.1 Å². The van der Waals surface area contributed by atoms with Crippen LogP contribution in [0.25, 0.3) is 0 Å². The van der Waals surface area contributed by atoms with Crippen molar-refractivity contribution in [3.05, 3.63) is 0 Å². The molecule has 4 N–H and O–H groups in total. The van der Waals surface area contributed by atoms with Crippen LogP contribution in [0, 0.1) is 0 Å². The number of carbonyl (C=O) groups is 6. The molecular weight excluding hydrogens is 707 g/mol. The number of nitrogens with one attached hydrogen (secondary N) is 2. The molecule has 0 spiro atoms. The Morgan fingerprint density at radius 1 is 0.519 bits per heavy atom. The van der Waals surface area contributed by atoms with Gasteiger partial charge in [-0.25, -0.2) is 9.59 Å². The quantitative estimate of drug-likeness (QED) is 0.0208. The SMILES string of the molecule is CCCCCCCCCCCCCCCC(=O)OC(=O)CNC(=O)C(CS)NC(=O)CCC(N)C(=O)OC(=O)CCCCCCCCCCCCCCC. The predicted molar refractivity (Wildman–Crippen MR) is 219 cm³/mol. The van der Waals surface area contributed by atoms with E-state index in [4.69, 9.17) is 15.2 Å². The summed E-state index contributed by atoms with van der Waals surface area (Å²) in [6.07, 6.45) is 30.8. The standard InChI is InChI=1S/C42H77N3O8S/c1-3-5-7-9-11-13-15-17-19-21-23-25-27-29-38(47)52-40(49)33-44-41(50)36(34-54)45-37(46)32-31-35(43)42(51)53-39(48)30-28-26-24-22-20-18-16-14-12-10-8-6-4-2/h35-36,54H,3-34,43H2,1-2H3,(H,44,50)(H,45,46). The Morgan fingerprint density at radius 3 is 1.28 bits per heavy atom. The molecule has 0 rings (SSSR count). The molecule has 11 nitrogen and oxygen atoms in total. The van der Waals surface area contributed by atoms with Crippen LogP contribution in [0.4, 0.5) is 0 Å². The molecular formula is C42H77N3O8S. The molecule has 0 heterocycles. The Kier molecular flexibility index (Phi) is 35.7. The maximum absolute atomic E-state index is 12.5. The molecule has 0 radical (unpaired) electrons. The highest BCUT2D eigenvalue weighted by molar-refractivity contribution is 7.80. The summed E-state index contributed by atoms with van der Waals surface area (Å²) in [5.74, 6) is -4.36. The van der Waals surface area contributed by atoms with Crippen LogP contribution in [0.3, 0.4) is 0 Å². The van der Waals surface area contributed by atoms with E-state index < -0.39 is 54.3 Å². The van der Waals surface area contributed by atoms with Crippen LogP contribution < -0.4 is 16.4 Å². The van der Waals surface area contributed by atoms with Gasteiger partial charge in [-0.15, -0.1) is 0 Å². The Bertz CT molecular complexity index is 1010. The van der Waals surface area contributed by atoms with Crippen molar-refractivity contribution in [2.24, 2.45) is 5.73 Å². The first-order chi connectivity index (χ1) is 26.1. The van der Waals surface area contributed by atoms with E-state index >= 15 is 0 Å². The molecule has 0 aromatic carbocycles. The van der Waals surface area contributed by atoms with E-state index in [-0.39, 0.29) is 31.4 Å². The first-order valence-electron chi connectivity index (χ1n) is 21.6. The molecule has 0 saturated carbocycles. The van der Waals surface area contributed by atoms with Gasteiger partial charge in [0.25, 0.3) is 0 Å². The molecule has 2 unspecified atom stereocenters. The van der Waals surface area contributed by atoms with Gasteiger partial charge in [-0.3, -0.25) is 19.2 Å². The lowest BCUT2D eigenvalue weighted by molar-refractivity contribution is -0.161. The maximum atomic E-state index is 12.5. The summed E-state index contributed by atoms with van der Waals surface area (Å²) in [4.78, 5) is 73.3. The first-order valence-corrected chi connectivity index (χ1v) is 22.2. The second-order valence-electron chi connectivity index (χ2n) is 14.8. The number of ether oxygens (including phenoxy) is 2. The lowest BCUT2D eigenvalue weighted by atomic mass is 10.0. The molecule has 0 aliphatic heterocycles. The topological polar surface area (TPSA) is 171 Å². The maximum Gasteiger partial charge on any atom is 0.333 e. The van der Waals surface area contributed by atoms with Gasteiger partial charge in [-0.1, -0.05) is 168 Å². The molecule has 0 bridgehead atoms. The van der Waals surface area contributed by atoms with Crippen molar-refractivity contribution in [3.8, 4) is 0 Å². The minimum Gasteiger partial charge on any atom is -0.392 e. The van der Waals surface area contributed by atoms with Gasteiger partial charge in [0.15, 0.2) is 0 Å². The van der Waals surface area contributed by atoms with Crippen molar-refractivity contribution < 1.29 is 38.2 Å². The number of amides is 2. The second kappa shape index (κ2) is 37.5. The second-order valence-corrected chi connectivity index (χ2v) is 15.2. The van der Waals surface area contributed by atoms with E-state index in [1.54, 1.807) is 0 Å². The summed E-state index contributed by atoms with van der Waals surface area (Å²) in [5, 5.41) is 4.83. The average molecular weight is 784 g/mol. The number of hydrogen-bond acceptors (Lipinski definition) is 10. The van der Waals surface area contributed by atoms with E-state index in [2.05, 4.69) is 37.1 Å². The van der Waals surface area contributed by atoms with Gasteiger partial charge in [-0.2, -0.15) is 12.6 Å². The van der Waals surface area contributed by atoms with Crippen molar-refractivity contribution in [3.63, 3.8) is 0 Å². The summed E-state index contributed by atoms with van der Waals surface area (Å²) in [6, 6.07) is -2.25. The minimum absolute atomic E-state index is 0.0631. The van der Waals surface area contributed by atoms with Crippen LogP contribution in [0.1, 0.15) is 206 Å². The molecule has 0 aliphatic rings. The van der Waals surface area contributed by atoms with Crippen molar-refractivity contribution in [1.82, 2.24) is 10.6 Å². The Labute approximate surface area is 332 Å². The zero-order valence-electron chi connectivity index (χ0n) is 34.1.